The minimum atomic E-state index is -1.27. The standard InChI is InChI=1S/C15H22Si/c1-6-13-9-8-10-14(7-2)15(13)11-12-16(3,4)5/h8-10H,6-7H2,1-5H3. The van der Waals surface area contributed by atoms with Gasteiger partial charge in [-0.05, 0) is 24.0 Å². The highest BCUT2D eigenvalue weighted by Crippen LogP contribution is 2.15. The Hall–Kier alpha value is -1.00. The van der Waals surface area contributed by atoms with Gasteiger partial charge in [-0.15, -0.1) is 5.54 Å². The van der Waals surface area contributed by atoms with Crippen LogP contribution in [-0.2, 0) is 12.8 Å². The maximum Gasteiger partial charge on any atom is 0.129 e. The van der Waals surface area contributed by atoms with E-state index in [0.717, 1.165) is 12.8 Å². The fourth-order valence-electron chi connectivity index (χ4n) is 1.65. The highest BCUT2D eigenvalue weighted by molar-refractivity contribution is 6.83. The Morgan fingerprint density at radius 1 is 1.00 bits per heavy atom. The average molecular weight is 230 g/mol. The van der Waals surface area contributed by atoms with Gasteiger partial charge in [-0.2, -0.15) is 0 Å². The molecule has 0 aromatic heterocycles. The van der Waals surface area contributed by atoms with Gasteiger partial charge in [0.15, 0.2) is 0 Å². The number of hydrogen-bond donors (Lipinski definition) is 0. The molecule has 0 radical (unpaired) electrons. The minimum absolute atomic E-state index is 1.07. The predicted octanol–water partition coefficient (Wildman–Crippen LogP) is 4.04. The van der Waals surface area contributed by atoms with E-state index in [1.165, 1.54) is 16.7 Å². The van der Waals surface area contributed by atoms with Crippen LogP contribution in [-0.4, -0.2) is 8.07 Å². The second-order valence-corrected chi connectivity index (χ2v) is 9.91. The first-order valence-corrected chi connectivity index (χ1v) is 9.62. The van der Waals surface area contributed by atoms with E-state index in [1.807, 2.05) is 0 Å². The third kappa shape index (κ3) is 3.54. The molecule has 0 aliphatic carbocycles. The molecule has 16 heavy (non-hydrogen) atoms. The lowest BCUT2D eigenvalue weighted by molar-refractivity contribution is 1.07. The molecule has 1 rings (SSSR count). The summed E-state index contributed by atoms with van der Waals surface area (Å²) in [4.78, 5) is 0. The fraction of sp³-hybridized carbons (Fsp3) is 0.467. The van der Waals surface area contributed by atoms with Crippen LogP contribution in [0, 0.1) is 11.5 Å². The van der Waals surface area contributed by atoms with E-state index in [0.29, 0.717) is 0 Å². The zero-order valence-corrected chi connectivity index (χ0v) is 12.1. The van der Waals surface area contributed by atoms with Crippen LogP contribution in [0.5, 0.6) is 0 Å². The second kappa shape index (κ2) is 5.36. The summed E-state index contributed by atoms with van der Waals surface area (Å²) in [5, 5.41) is 0. The molecule has 0 nitrogen and oxygen atoms in total. The van der Waals surface area contributed by atoms with Crippen molar-refractivity contribution in [3.05, 3.63) is 34.9 Å². The van der Waals surface area contributed by atoms with Gasteiger partial charge in [0.25, 0.3) is 0 Å². The Balaban J connectivity index is 3.23. The van der Waals surface area contributed by atoms with Gasteiger partial charge in [0.1, 0.15) is 8.07 Å². The molecule has 1 heteroatoms. The second-order valence-electron chi connectivity index (χ2n) is 5.16. The molecule has 0 aliphatic rings. The van der Waals surface area contributed by atoms with Gasteiger partial charge in [0.05, 0.1) is 0 Å². The summed E-state index contributed by atoms with van der Waals surface area (Å²) in [6, 6.07) is 6.55. The minimum Gasteiger partial charge on any atom is -0.127 e. The predicted molar refractivity (Wildman–Crippen MR) is 75.4 cm³/mol. The SMILES string of the molecule is CCc1cccc(CC)c1C#C[Si](C)(C)C. The van der Waals surface area contributed by atoms with E-state index in [-0.39, 0.29) is 0 Å². The van der Waals surface area contributed by atoms with E-state index in [4.69, 9.17) is 0 Å². The number of hydrogen-bond acceptors (Lipinski definition) is 0. The molecule has 0 atom stereocenters. The summed E-state index contributed by atoms with van der Waals surface area (Å²) < 4.78 is 0. The molecular formula is C15H22Si. The van der Waals surface area contributed by atoms with Crippen molar-refractivity contribution in [2.24, 2.45) is 0 Å². The van der Waals surface area contributed by atoms with Gasteiger partial charge in [0, 0.05) is 5.56 Å². The van der Waals surface area contributed by atoms with E-state index < -0.39 is 8.07 Å². The first kappa shape index (κ1) is 13.1. The Kier molecular flexibility index (Phi) is 4.38. The van der Waals surface area contributed by atoms with Crippen LogP contribution < -0.4 is 0 Å². The average Bonchev–Trinajstić information content (AvgIpc) is 2.24. The third-order valence-electron chi connectivity index (χ3n) is 2.56. The van der Waals surface area contributed by atoms with Gasteiger partial charge < -0.3 is 0 Å². The van der Waals surface area contributed by atoms with E-state index in [2.05, 4.69) is 63.2 Å². The Morgan fingerprint density at radius 3 is 1.88 bits per heavy atom. The summed E-state index contributed by atoms with van der Waals surface area (Å²) in [6.45, 7) is 11.3. The summed E-state index contributed by atoms with van der Waals surface area (Å²) in [6.07, 6.45) is 2.15. The van der Waals surface area contributed by atoms with Crippen molar-refractivity contribution in [3.63, 3.8) is 0 Å². The molecule has 0 N–H and O–H groups in total. The van der Waals surface area contributed by atoms with Crippen molar-refractivity contribution in [3.8, 4) is 11.5 Å². The monoisotopic (exact) mass is 230 g/mol. The quantitative estimate of drug-likeness (QED) is 0.531. The maximum absolute atomic E-state index is 3.48. The molecule has 0 unspecified atom stereocenters. The van der Waals surface area contributed by atoms with Gasteiger partial charge in [0.2, 0.25) is 0 Å². The van der Waals surface area contributed by atoms with Gasteiger partial charge in [-0.3, -0.25) is 0 Å². The van der Waals surface area contributed by atoms with E-state index in [1.54, 1.807) is 0 Å². The van der Waals surface area contributed by atoms with Crippen LogP contribution >= 0.6 is 0 Å². The number of benzene rings is 1. The Labute approximate surface area is 101 Å². The molecule has 0 saturated heterocycles. The van der Waals surface area contributed by atoms with Crippen LogP contribution in [0.1, 0.15) is 30.5 Å². The zero-order valence-electron chi connectivity index (χ0n) is 11.1. The number of aryl methyl sites for hydroxylation is 2. The molecule has 0 amide bonds. The molecule has 86 valence electrons. The molecule has 0 fully saturated rings. The Morgan fingerprint density at radius 2 is 1.50 bits per heavy atom. The van der Waals surface area contributed by atoms with Crippen LogP contribution in [0.15, 0.2) is 18.2 Å². The van der Waals surface area contributed by atoms with Gasteiger partial charge in [-0.25, -0.2) is 0 Å². The van der Waals surface area contributed by atoms with E-state index >= 15 is 0 Å². The van der Waals surface area contributed by atoms with Crippen LogP contribution in [0.4, 0.5) is 0 Å². The molecule has 0 saturated carbocycles. The first-order valence-electron chi connectivity index (χ1n) is 6.12. The fourth-order valence-corrected chi connectivity index (χ4v) is 2.15. The molecule has 0 aliphatic heterocycles. The molecule has 0 bridgehead atoms. The molecule has 0 spiro atoms. The topological polar surface area (TPSA) is 0 Å². The largest absolute Gasteiger partial charge is 0.129 e. The highest BCUT2D eigenvalue weighted by Gasteiger charge is 2.09. The summed E-state index contributed by atoms with van der Waals surface area (Å²) in [7, 11) is -1.27. The Bertz CT molecular complexity index is 391. The lowest BCUT2D eigenvalue weighted by atomic mass is 9.98. The summed E-state index contributed by atoms with van der Waals surface area (Å²) in [5.74, 6) is 3.44. The van der Waals surface area contributed by atoms with Crippen molar-refractivity contribution in [2.45, 2.75) is 46.3 Å². The molecule has 1 aromatic rings. The zero-order chi connectivity index (χ0) is 12.2. The molecular weight excluding hydrogens is 208 g/mol. The normalized spacial score (nSPS) is 10.8. The van der Waals surface area contributed by atoms with E-state index in [9.17, 15) is 0 Å². The van der Waals surface area contributed by atoms with Crippen LogP contribution in [0.25, 0.3) is 0 Å². The smallest absolute Gasteiger partial charge is 0.127 e. The molecule has 0 heterocycles. The van der Waals surface area contributed by atoms with Gasteiger partial charge >= 0.3 is 0 Å². The van der Waals surface area contributed by atoms with Crippen molar-refractivity contribution in [1.29, 1.82) is 0 Å². The van der Waals surface area contributed by atoms with Crippen molar-refractivity contribution >= 4 is 8.07 Å². The third-order valence-corrected chi connectivity index (χ3v) is 3.44. The van der Waals surface area contributed by atoms with Gasteiger partial charge in [-0.1, -0.05) is 57.6 Å². The van der Waals surface area contributed by atoms with Crippen LogP contribution in [0.3, 0.4) is 0 Å². The van der Waals surface area contributed by atoms with Crippen molar-refractivity contribution < 1.29 is 0 Å². The van der Waals surface area contributed by atoms with Crippen molar-refractivity contribution in [1.82, 2.24) is 0 Å². The lowest BCUT2D eigenvalue weighted by Crippen LogP contribution is -2.16. The maximum atomic E-state index is 3.48. The first-order chi connectivity index (χ1) is 7.48. The number of rotatable bonds is 2. The summed E-state index contributed by atoms with van der Waals surface area (Å²) in [5.41, 5.74) is 7.55. The highest BCUT2D eigenvalue weighted by atomic mass is 28.3. The summed E-state index contributed by atoms with van der Waals surface area (Å²) >= 11 is 0. The molecule has 1 aromatic carbocycles. The van der Waals surface area contributed by atoms with Crippen LogP contribution in [0.2, 0.25) is 19.6 Å². The van der Waals surface area contributed by atoms with Crippen molar-refractivity contribution in [2.75, 3.05) is 0 Å². The lowest BCUT2D eigenvalue weighted by Gasteiger charge is -2.09.